The molecule has 0 aliphatic rings. The second kappa shape index (κ2) is 4.44. The maximum absolute atomic E-state index is 13.0. The Morgan fingerprint density at radius 3 is 2.53 bits per heavy atom. The molecule has 0 unspecified atom stereocenters. The number of aromatic nitrogens is 3. The third kappa shape index (κ3) is 2.53. The Hall–Kier alpha value is -1.70. The molecule has 0 saturated carbocycles. The number of halogens is 3. The van der Waals surface area contributed by atoms with Crippen molar-refractivity contribution in [3.63, 3.8) is 0 Å². The molecule has 0 aromatic carbocycles. The van der Waals surface area contributed by atoms with Crippen molar-refractivity contribution in [2.75, 3.05) is 0 Å². The standard InChI is InChI=1S/C11H10F3N3OS/c1-10(2,5-18)17-3-7(11(12,13)14)9(16-17)8-4-19-6-15-8/h3-6H,1-2H3. The highest BCUT2D eigenvalue weighted by molar-refractivity contribution is 7.07. The fraction of sp³-hybridized carbons (Fsp3) is 0.364. The van der Waals surface area contributed by atoms with Gasteiger partial charge in [0.25, 0.3) is 0 Å². The largest absolute Gasteiger partial charge is 0.420 e. The van der Waals surface area contributed by atoms with Gasteiger partial charge in [0.15, 0.2) is 0 Å². The summed E-state index contributed by atoms with van der Waals surface area (Å²) in [6.45, 7) is 2.97. The quantitative estimate of drug-likeness (QED) is 0.816. The van der Waals surface area contributed by atoms with Crippen LogP contribution in [-0.2, 0) is 16.5 Å². The highest BCUT2D eigenvalue weighted by Crippen LogP contribution is 2.37. The SMILES string of the molecule is CC(C)(C=O)n1cc(C(F)(F)F)c(-c2cscn2)n1. The second-order valence-corrected chi connectivity index (χ2v) is 5.20. The first-order chi connectivity index (χ1) is 8.75. The van der Waals surface area contributed by atoms with E-state index in [0.717, 1.165) is 10.9 Å². The van der Waals surface area contributed by atoms with Crippen LogP contribution in [-0.4, -0.2) is 21.1 Å². The summed E-state index contributed by atoms with van der Waals surface area (Å²) >= 11 is 1.18. The van der Waals surface area contributed by atoms with E-state index < -0.39 is 17.3 Å². The van der Waals surface area contributed by atoms with Gasteiger partial charge in [-0.25, -0.2) is 4.98 Å². The number of thiazole rings is 1. The minimum absolute atomic E-state index is 0.151. The molecule has 19 heavy (non-hydrogen) atoms. The molecule has 0 bridgehead atoms. The van der Waals surface area contributed by atoms with Gasteiger partial charge in [-0.3, -0.25) is 4.68 Å². The number of hydrogen-bond donors (Lipinski definition) is 0. The lowest BCUT2D eigenvalue weighted by Gasteiger charge is -2.17. The summed E-state index contributed by atoms with van der Waals surface area (Å²) in [7, 11) is 0. The highest BCUT2D eigenvalue weighted by atomic mass is 32.1. The fourth-order valence-electron chi connectivity index (χ4n) is 1.45. The summed E-state index contributed by atoms with van der Waals surface area (Å²) in [4.78, 5) is 14.8. The minimum Gasteiger partial charge on any atom is -0.301 e. The zero-order valence-corrected chi connectivity index (χ0v) is 10.9. The summed E-state index contributed by atoms with van der Waals surface area (Å²) in [6.07, 6.45) is -3.16. The summed E-state index contributed by atoms with van der Waals surface area (Å²) in [5.74, 6) is 0. The third-order valence-electron chi connectivity index (χ3n) is 2.57. The van der Waals surface area contributed by atoms with Crippen molar-refractivity contribution in [2.24, 2.45) is 0 Å². The Kier molecular flexibility index (Phi) is 3.21. The van der Waals surface area contributed by atoms with Crippen molar-refractivity contribution >= 4 is 17.6 Å². The maximum atomic E-state index is 13.0. The van der Waals surface area contributed by atoms with Gasteiger partial charge < -0.3 is 4.79 Å². The van der Waals surface area contributed by atoms with Crippen molar-refractivity contribution < 1.29 is 18.0 Å². The van der Waals surface area contributed by atoms with Gasteiger partial charge in [0.05, 0.1) is 5.51 Å². The third-order valence-corrected chi connectivity index (χ3v) is 3.16. The molecule has 4 nitrogen and oxygen atoms in total. The van der Waals surface area contributed by atoms with Crippen LogP contribution in [0.5, 0.6) is 0 Å². The zero-order valence-electron chi connectivity index (χ0n) is 10.1. The molecule has 0 spiro atoms. The van der Waals surface area contributed by atoms with Crippen molar-refractivity contribution in [2.45, 2.75) is 25.6 Å². The first-order valence-electron chi connectivity index (χ1n) is 5.28. The molecule has 0 atom stereocenters. The second-order valence-electron chi connectivity index (χ2n) is 4.48. The van der Waals surface area contributed by atoms with Crippen LogP contribution < -0.4 is 0 Å². The predicted molar refractivity (Wildman–Crippen MR) is 63.7 cm³/mol. The first kappa shape index (κ1) is 13.7. The van der Waals surface area contributed by atoms with E-state index in [-0.39, 0.29) is 11.4 Å². The fourth-order valence-corrected chi connectivity index (χ4v) is 1.99. The molecule has 2 heterocycles. The molecule has 0 amide bonds. The van der Waals surface area contributed by atoms with Crippen molar-refractivity contribution in [3.8, 4) is 11.4 Å². The lowest BCUT2D eigenvalue weighted by molar-refractivity contribution is -0.137. The average Bonchev–Trinajstić information content (AvgIpc) is 2.96. The van der Waals surface area contributed by atoms with Crippen LogP contribution in [0.3, 0.4) is 0 Å². The van der Waals surface area contributed by atoms with Crippen LogP contribution in [0.4, 0.5) is 13.2 Å². The molecule has 0 N–H and O–H groups in total. The predicted octanol–water partition coefficient (Wildman–Crippen LogP) is 2.96. The van der Waals surface area contributed by atoms with E-state index >= 15 is 0 Å². The molecule has 0 fully saturated rings. The number of carbonyl (C=O) groups excluding carboxylic acids is 1. The normalized spacial score (nSPS) is 12.7. The molecule has 0 aliphatic carbocycles. The van der Waals surface area contributed by atoms with E-state index in [1.807, 2.05) is 0 Å². The number of rotatable bonds is 3. The van der Waals surface area contributed by atoms with Gasteiger partial charge in [-0.2, -0.15) is 18.3 Å². The lowest BCUT2D eigenvalue weighted by Crippen LogP contribution is -2.28. The van der Waals surface area contributed by atoms with Gasteiger partial charge in [-0.15, -0.1) is 11.3 Å². The molecule has 0 aliphatic heterocycles. The monoisotopic (exact) mass is 289 g/mol. The van der Waals surface area contributed by atoms with E-state index in [0.29, 0.717) is 6.29 Å². The van der Waals surface area contributed by atoms with E-state index in [1.165, 1.54) is 36.1 Å². The molecule has 2 rings (SSSR count). The van der Waals surface area contributed by atoms with Crippen molar-refractivity contribution in [3.05, 3.63) is 22.7 Å². The molecule has 2 aromatic rings. The maximum Gasteiger partial charge on any atom is 0.420 e. The van der Waals surface area contributed by atoms with Crippen molar-refractivity contribution in [1.82, 2.24) is 14.8 Å². The van der Waals surface area contributed by atoms with Gasteiger partial charge in [0.1, 0.15) is 28.8 Å². The molecular formula is C11H10F3N3OS. The Morgan fingerprint density at radius 2 is 2.05 bits per heavy atom. The van der Waals surface area contributed by atoms with Gasteiger partial charge in [-0.05, 0) is 13.8 Å². The molecule has 0 radical (unpaired) electrons. The topological polar surface area (TPSA) is 47.8 Å². The number of carbonyl (C=O) groups is 1. The first-order valence-corrected chi connectivity index (χ1v) is 6.22. The summed E-state index contributed by atoms with van der Waals surface area (Å²) in [6, 6.07) is 0. The Balaban J connectivity index is 2.62. The van der Waals surface area contributed by atoms with Gasteiger partial charge in [0.2, 0.25) is 0 Å². The Labute approximate surface area is 110 Å². The van der Waals surface area contributed by atoms with E-state index in [9.17, 15) is 18.0 Å². The van der Waals surface area contributed by atoms with Gasteiger partial charge in [-0.1, -0.05) is 0 Å². The molecule has 2 aromatic heterocycles. The Morgan fingerprint density at radius 1 is 1.37 bits per heavy atom. The van der Waals surface area contributed by atoms with E-state index in [1.54, 1.807) is 0 Å². The average molecular weight is 289 g/mol. The lowest BCUT2D eigenvalue weighted by atomic mass is 10.1. The van der Waals surface area contributed by atoms with Crippen LogP contribution in [0.1, 0.15) is 19.4 Å². The molecular weight excluding hydrogens is 279 g/mol. The van der Waals surface area contributed by atoms with Crippen LogP contribution in [0, 0.1) is 0 Å². The van der Waals surface area contributed by atoms with Crippen LogP contribution >= 0.6 is 11.3 Å². The number of nitrogens with zero attached hydrogens (tertiary/aromatic N) is 3. The molecule has 8 heteroatoms. The van der Waals surface area contributed by atoms with Gasteiger partial charge in [0, 0.05) is 11.6 Å². The minimum atomic E-state index is -4.55. The smallest absolute Gasteiger partial charge is 0.301 e. The number of alkyl halides is 3. The summed E-state index contributed by atoms with van der Waals surface area (Å²) in [5, 5.41) is 5.35. The summed E-state index contributed by atoms with van der Waals surface area (Å²) in [5.41, 5.74) is -0.719. The van der Waals surface area contributed by atoms with Gasteiger partial charge >= 0.3 is 6.18 Å². The van der Waals surface area contributed by atoms with Crippen LogP contribution in [0.25, 0.3) is 11.4 Å². The van der Waals surface area contributed by atoms with Crippen LogP contribution in [0.15, 0.2) is 17.1 Å². The molecule has 102 valence electrons. The van der Waals surface area contributed by atoms with E-state index in [4.69, 9.17) is 0 Å². The summed E-state index contributed by atoms with van der Waals surface area (Å²) < 4.78 is 40.0. The zero-order chi connectivity index (χ0) is 14.3. The Bertz CT molecular complexity index is 587. The molecule has 0 saturated heterocycles. The number of aldehydes is 1. The highest BCUT2D eigenvalue weighted by Gasteiger charge is 2.38. The van der Waals surface area contributed by atoms with Crippen LogP contribution in [0.2, 0.25) is 0 Å². The van der Waals surface area contributed by atoms with Crippen molar-refractivity contribution in [1.29, 1.82) is 0 Å². The van der Waals surface area contributed by atoms with E-state index in [2.05, 4.69) is 10.1 Å². The number of hydrogen-bond acceptors (Lipinski definition) is 4.